The van der Waals surface area contributed by atoms with Crippen molar-refractivity contribution in [1.82, 2.24) is 5.32 Å². The number of carbonyl (C=O) groups is 1. The van der Waals surface area contributed by atoms with E-state index in [-0.39, 0.29) is 22.1 Å². The van der Waals surface area contributed by atoms with Gasteiger partial charge in [-0.3, -0.25) is 9.52 Å². The average Bonchev–Trinajstić information content (AvgIpc) is 2.69. The quantitative estimate of drug-likeness (QED) is 0.663. The molecule has 0 aliphatic carbocycles. The lowest BCUT2D eigenvalue weighted by Crippen LogP contribution is -2.25. The van der Waals surface area contributed by atoms with Gasteiger partial charge in [0.2, 0.25) is 0 Å². The Hall–Kier alpha value is -3.12. The summed E-state index contributed by atoms with van der Waals surface area (Å²) in [7, 11) is -3.82. The van der Waals surface area contributed by atoms with Crippen LogP contribution in [-0.4, -0.2) is 14.3 Å². The Morgan fingerprint density at radius 2 is 1.57 bits per heavy atom. The number of anilines is 1. The molecule has 3 aromatic carbocycles. The van der Waals surface area contributed by atoms with Gasteiger partial charge < -0.3 is 5.32 Å². The molecule has 0 saturated heterocycles. The molecule has 0 atom stereocenters. The van der Waals surface area contributed by atoms with Gasteiger partial charge in [-0.1, -0.05) is 54.6 Å². The summed E-state index contributed by atoms with van der Waals surface area (Å²) >= 11 is 0. The number of amides is 1. The Bertz CT molecular complexity index is 1090. The van der Waals surface area contributed by atoms with Gasteiger partial charge in [-0.25, -0.2) is 8.42 Å². The van der Waals surface area contributed by atoms with Crippen LogP contribution in [0.5, 0.6) is 0 Å². The van der Waals surface area contributed by atoms with Crippen LogP contribution in [0.25, 0.3) is 0 Å². The van der Waals surface area contributed by atoms with Gasteiger partial charge in [-0.2, -0.15) is 0 Å². The molecule has 0 aromatic heterocycles. The highest BCUT2D eigenvalue weighted by atomic mass is 32.2. The Morgan fingerprint density at radius 1 is 0.893 bits per heavy atom. The van der Waals surface area contributed by atoms with Crippen LogP contribution in [0.15, 0.2) is 77.7 Å². The van der Waals surface area contributed by atoms with Gasteiger partial charge in [0.15, 0.2) is 0 Å². The zero-order valence-electron chi connectivity index (χ0n) is 15.8. The van der Waals surface area contributed by atoms with Crippen molar-refractivity contribution in [2.45, 2.75) is 25.3 Å². The first-order chi connectivity index (χ1) is 13.4. The van der Waals surface area contributed by atoms with Gasteiger partial charge in [-0.05, 0) is 48.7 Å². The second kappa shape index (κ2) is 8.27. The first-order valence-corrected chi connectivity index (χ1v) is 10.4. The van der Waals surface area contributed by atoms with Crippen LogP contribution in [0.4, 0.5) is 5.69 Å². The summed E-state index contributed by atoms with van der Waals surface area (Å²) in [6, 6.07) is 21.3. The molecule has 3 rings (SSSR count). The SMILES string of the molecule is Cc1ccc(C)c(S(=O)(=O)Nc2ccccc2C(=O)NCc2ccccc2)c1. The molecular weight excluding hydrogens is 372 g/mol. The minimum Gasteiger partial charge on any atom is -0.348 e. The molecular formula is C22H22N2O3S. The largest absolute Gasteiger partial charge is 0.348 e. The molecule has 0 unspecified atom stereocenters. The molecule has 144 valence electrons. The van der Waals surface area contributed by atoms with E-state index < -0.39 is 10.0 Å². The van der Waals surface area contributed by atoms with Crippen LogP contribution in [0.1, 0.15) is 27.0 Å². The fourth-order valence-electron chi connectivity index (χ4n) is 2.84. The molecule has 0 heterocycles. The van der Waals surface area contributed by atoms with Crippen molar-refractivity contribution >= 4 is 21.6 Å². The molecule has 6 heteroatoms. The molecule has 28 heavy (non-hydrogen) atoms. The van der Waals surface area contributed by atoms with E-state index in [0.29, 0.717) is 12.1 Å². The van der Waals surface area contributed by atoms with Crippen molar-refractivity contribution in [3.05, 3.63) is 95.1 Å². The molecule has 2 N–H and O–H groups in total. The number of aryl methyl sites for hydroxylation is 2. The summed E-state index contributed by atoms with van der Waals surface area (Å²) in [6.45, 7) is 3.94. The highest BCUT2D eigenvalue weighted by Crippen LogP contribution is 2.23. The van der Waals surface area contributed by atoms with Crippen molar-refractivity contribution in [3.8, 4) is 0 Å². The molecule has 0 radical (unpaired) electrons. The molecule has 0 saturated carbocycles. The molecule has 0 aliphatic rings. The van der Waals surface area contributed by atoms with Gasteiger partial charge in [0, 0.05) is 6.54 Å². The highest BCUT2D eigenvalue weighted by molar-refractivity contribution is 7.92. The molecule has 1 amide bonds. The number of benzene rings is 3. The summed E-state index contributed by atoms with van der Waals surface area (Å²) < 4.78 is 28.3. The third kappa shape index (κ3) is 4.58. The van der Waals surface area contributed by atoms with Crippen molar-refractivity contribution in [2.75, 3.05) is 4.72 Å². The topological polar surface area (TPSA) is 75.3 Å². The van der Waals surface area contributed by atoms with Crippen LogP contribution in [0.3, 0.4) is 0 Å². The zero-order valence-corrected chi connectivity index (χ0v) is 16.6. The molecule has 5 nitrogen and oxygen atoms in total. The van der Waals surface area contributed by atoms with Crippen LogP contribution < -0.4 is 10.0 Å². The number of carbonyl (C=O) groups excluding carboxylic acids is 1. The zero-order chi connectivity index (χ0) is 20.1. The van der Waals surface area contributed by atoms with Crippen LogP contribution in [0, 0.1) is 13.8 Å². The van der Waals surface area contributed by atoms with Crippen LogP contribution in [0.2, 0.25) is 0 Å². The first kappa shape index (κ1) is 19.6. The molecule has 0 spiro atoms. The van der Waals surface area contributed by atoms with Crippen LogP contribution in [-0.2, 0) is 16.6 Å². The minimum absolute atomic E-state index is 0.201. The smallest absolute Gasteiger partial charge is 0.262 e. The maximum absolute atomic E-state index is 12.9. The normalized spacial score (nSPS) is 11.1. The van der Waals surface area contributed by atoms with Crippen LogP contribution >= 0.6 is 0 Å². The van der Waals surface area contributed by atoms with Gasteiger partial charge >= 0.3 is 0 Å². The Labute approximate surface area is 165 Å². The van der Waals surface area contributed by atoms with E-state index in [2.05, 4.69) is 10.0 Å². The van der Waals surface area contributed by atoms with E-state index in [1.54, 1.807) is 43.3 Å². The second-order valence-electron chi connectivity index (χ2n) is 6.59. The third-order valence-electron chi connectivity index (χ3n) is 4.35. The highest BCUT2D eigenvalue weighted by Gasteiger charge is 2.20. The molecule has 0 fully saturated rings. The lowest BCUT2D eigenvalue weighted by molar-refractivity contribution is 0.0952. The summed E-state index contributed by atoms with van der Waals surface area (Å²) in [5, 5.41) is 2.83. The number of rotatable bonds is 6. The Morgan fingerprint density at radius 3 is 2.32 bits per heavy atom. The van der Waals surface area contributed by atoms with Gasteiger partial charge in [-0.15, -0.1) is 0 Å². The third-order valence-corrected chi connectivity index (χ3v) is 5.85. The van der Waals surface area contributed by atoms with E-state index in [1.165, 1.54) is 0 Å². The van der Waals surface area contributed by atoms with E-state index in [0.717, 1.165) is 11.1 Å². The number of hydrogen-bond donors (Lipinski definition) is 2. The number of hydrogen-bond acceptors (Lipinski definition) is 3. The molecule has 0 bridgehead atoms. The second-order valence-corrected chi connectivity index (χ2v) is 8.24. The van der Waals surface area contributed by atoms with Gasteiger partial charge in [0.1, 0.15) is 0 Å². The predicted octanol–water partition coefficient (Wildman–Crippen LogP) is 4.03. The van der Waals surface area contributed by atoms with Crippen molar-refractivity contribution < 1.29 is 13.2 Å². The van der Waals surface area contributed by atoms with Gasteiger partial charge in [0.25, 0.3) is 15.9 Å². The molecule has 3 aromatic rings. The van der Waals surface area contributed by atoms with E-state index in [1.807, 2.05) is 43.3 Å². The van der Waals surface area contributed by atoms with Crippen molar-refractivity contribution in [2.24, 2.45) is 0 Å². The van der Waals surface area contributed by atoms with Crippen molar-refractivity contribution in [1.29, 1.82) is 0 Å². The monoisotopic (exact) mass is 394 g/mol. The maximum Gasteiger partial charge on any atom is 0.262 e. The van der Waals surface area contributed by atoms with Crippen molar-refractivity contribution in [3.63, 3.8) is 0 Å². The average molecular weight is 394 g/mol. The number of sulfonamides is 1. The minimum atomic E-state index is -3.82. The standard InChI is InChI=1S/C22H22N2O3S/c1-16-12-13-17(2)21(14-16)28(26,27)24-20-11-7-6-10-19(20)22(25)23-15-18-8-4-3-5-9-18/h3-14,24H,15H2,1-2H3,(H,23,25). The Kier molecular flexibility index (Phi) is 5.80. The lowest BCUT2D eigenvalue weighted by Gasteiger charge is -2.14. The predicted molar refractivity (Wildman–Crippen MR) is 111 cm³/mol. The Balaban J connectivity index is 1.83. The first-order valence-electron chi connectivity index (χ1n) is 8.88. The number of nitrogens with one attached hydrogen (secondary N) is 2. The lowest BCUT2D eigenvalue weighted by atomic mass is 10.1. The number of para-hydroxylation sites is 1. The van der Waals surface area contributed by atoms with Gasteiger partial charge in [0.05, 0.1) is 16.1 Å². The fraction of sp³-hybridized carbons (Fsp3) is 0.136. The molecule has 0 aliphatic heterocycles. The van der Waals surface area contributed by atoms with E-state index in [4.69, 9.17) is 0 Å². The summed E-state index contributed by atoms with van der Waals surface area (Å²) in [5.41, 5.74) is 2.97. The summed E-state index contributed by atoms with van der Waals surface area (Å²) in [6.07, 6.45) is 0. The van der Waals surface area contributed by atoms with E-state index in [9.17, 15) is 13.2 Å². The maximum atomic E-state index is 12.9. The summed E-state index contributed by atoms with van der Waals surface area (Å²) in [4.78, 5) is 12.8. The summed E-state index contributed by atoms with van der Waals surface area (Å²) in [5.74, 6) is -0.344. The van der Waals surface area contributed by atoms with E-state index >= 15 is 0 Å². The fourth-order valence-corrected chi connectivity index (χ4v) is 4.25.